The standard InChI is InChI=1S/C11H13F3N2/c12-9-2-1-3-10(16-9)15-8-4-6-11(13,14)7-5-8/h1-3,8H,4-7H2,(H,15,16). The predicted octanol–water partition coefficient (Wildman–Crippen LogP) is 3.21. The number of hydrogen-bond acceptors (Lipinski definition) is 2. The van der Waals surface area contributed by atoms with Crippen molar-refractivity contribution in [3.8, 4) is 0 Å². The summed E-state index contributed by atoms with van der Waals surface area (Å²) in [4.78, 5) is 3.64. The van der Waals surface area contributed by atoms with Crippen LogP contribution in [0.25, 0.3) is 0 Å². The molecule has 1 saturated carbocycles. The van der Waals surface area contributed by atoms with Gasteiger partial charge in [0.2, 0.25) is 11.9 Å². The van der Waals surface area contributed by atoms with Crippen LogP contribution in [0.4, 0.5) is 19.0 Å². The van der Waals surface area contributed by atoms with Crippen LogP contribution in [0.5, 0.6) is 0 Å². The summed E-state index contributed by atoms with van der Waals surface area (Å²) in [6, 6.07) is 4.40. The molecular formula is C11H13F3N2. The van der Waals surface area contributed by atoms with Gasteiger partial charge in [0, 0.05) is 18.9 Å². The molecule has 2 rings (SSSR count). The van der Waals surface area contributed by atoms with E-state index in [0.717, 1.165) is 0 Å². The van der Waals surface area contributed by atoms with Crippen LogP contribution in [-0.4, -0.2) is 16.9 Å². The normalized spacial score (nSPS) is 20.7. The third-order valence-electron chi connectivity index (χ3n) is 2.78. The van der Waals surface area contributed by atoms with Crippen LogP contribution < -0.4 is 5.32 Å². The van der Waals surface area contributed by atoms with E-state index in [0.29, 0.717) is 18.7 Å². The fourth-order valence-electron chi connectivity index (χ4n) is 1.88. The summed E-state index contributed by atoms with van der Waals surface area (Å²) in [5, 5.41) is 2.98. The van der Waals surface area contributed by atoms with Crippen molar-refractivity contribution < 1.29 is 13.2 Å². The van der Waals surface area contributed by atoms with E-state index in [9.17, 15) is 13.2 Å². The van der Waals surface area contributed by atoms with E-state index in [1.54, 1.807) is 12.1 Å². The van der Waals surface area contributed by atoms with E-state index < -0.39 is 11.9 Å². The van der Waals surface area contributed by atoms with E-state index in [-0.39, 0.29) is 18.9 Å². The molecule has 0 saturated heterocycles. The van der Waals surface area contributed by atoms with Crippen molar-refractivity contribution in [3.05, 3.63) is 24.1 Å². The monoisotopic (exact) mass is 230 g/mol. The third-order valence-corrected chi connectivity index (χ3v) is 2.78. The zero-order chi connectivity index (χ0) is 11.6. The van der Waals surface area contributed by atoms with Crippen molar-refractivity contribution in [2.75, 3.05) is 5.32 Å². The lowest BCUT2D eigenvalue weighted by Crippen LogP contribution is -2.32. The van der Waals surface area contributed by atoms with Crippen molar-refractivity contribution in [3.63, 3.8) is 0 Å². The Morgan fingerprint density at radius 3 is 2.56 bits per heavy atom. The smallest absolute Gasteiger partial charge is 0.248 e. The van der Waals surface area contributed by atoms with Gasteiger partial charge in [-0.3, -0.25) is 0 Å². The minimum Gasteiger partial charge on any atom is -0.367 e. The highest BCUT2D eigenvalue weighted by Crippen LogP contribution is 2.33. The molecule has 1 aromatic rings. The third kappa shape index (κ3) is 2.87. The molecule has 1 N–H and O–H groups in total. The Hall–Kier alpha value is -1.26. The maximum absolute atomic E-state index is 12.9. The Bertz CT molecular complexity index is 358. The van der Waals surface area contributed by atoms with Gasteiger partial charge >= 0.3 is 0 Å². The number of nitrogens with one attached hydrogen (secondary N) is 1. The molecule has 1 aliphatic rings. The van der Waals surface area contributed by atoms with Crippen LogP contribution in [0, 0.1) is 5.95 Å². The number of nitrogens with zero attached hydrogens (tertiary/aromatic N) is 1. The lowest BCUT2D eigenvalue weighted by molar-refractivity contribution is -0.0361. The molecule has 0 radical (unpaired) electrons. The van der Waals surface area contributed by atoms with Gasteiger partial charge in [-0.15, -0.1) is 0 Å². The second-order valence-electron chi connectivity index (χ2n) is 4.12. The summed E-state index contributed by atoms with van der Waals surface area (Å²) in [7, 11) is 0. The van der Waals surface area contributed by atoms with Crippen molar-refractivity contribution in [2.24, 2.45) is 0 Å². The molecule has 1 aromatic heterocycles. The Morgan fingerprint density at radius 2 is 1.94 bits per heavy atom. The van der Waals surface area contributed by atoms with Gasteiger partial charge in [0.1, 0.15) is 5.82 Å². The lowest BCUT2D eigenvalue weighted by atomic mass is 9.92. The minimum absolute atomic E-state index is 0.0334. The Morgan fingerprint density at radius 1 is 1.25 bits per heavy atom. The lowest BCUT2D eigenvalue weighted by Gasteiger charge is -2.29. The van der Waals surface area contributed by atoms with Gasteiger partial charge < -0.3 is 5.32 Å². The highest BCUT2D eigenvalue weighted by Gasteiger charge is 2.34. The number of anilines is 1. The van der Waals surface area contributed by atoms with Gasteiger partial charge in [-0.1, -0.05) is 6.07 Å². The fraction of sp³-hybridized carbons (Fsp3) is 0.545. The molecule has 1 fully saturated rings. The zero-order valence-corrected chi connectivity index (χ0v) is 8.72. The molecule has 0 bridgehead atoms. The molecule has 1 aliphatic carbocycles. The van der Waals surface area contributed by atoms with E-state index in [2.05, 4.69) is 10.3 Å². The second-order valence-corrected chi connectivity index (χ2v) is 4.12. The van der Waals surface area contributed by atoms with Gasteiger partial charge in [-0.25, -0.2) is 13.8 Å². The van der Waals surface area contributed by atoms with Crippen LogP contribution in [-0.2, 0) is 0 Å². The number of alkyl halides is 2. The van der Waals surface area contributed by atoms with Gasteiger partial charge in [0.25, 0.3) is 0 Å². The maximum Gasteiger partial charge on any atom is 0.248 e. The summed E-state index contributed by atoms with van der Waals surface area (Å²) in [5.74, 6) is -2.69. The van der Waals surface area contributed by atoms with E-state index in [1.165, 1.54) is 6.07 Å². The number of pyridine rings is 1. The molecule has 2 nitrogen and oxygen atoms in total. The number of aromatic nitrogens is 1. The van der Waals surface area contributed by atoms with Crippen molar-refractivity contribution in [2.45, 2.75) is 37.6 Å². The summed E-state index contributed by atoms with van der Waals surface area (Å²) >= 11 is 0. The largest absolute Gasteiger partial charge is 0.367 e. The molecule has 0 spiro atoms. The van der Waals surface area contributed by atoms with Crippen molar-refractivity contribution in [1.29, 1.82) is 0 Å². The minimum atomic E-state index is -2.53. The molecule has 0 aliphatic heterocycles. The Kier molecular flexibility index (Phi) is 3.03. The van der Waals surface area contributed by atoms with Crippen LogP contribution in [0.1, 0.15) is 25.7 Å². The van der Waals surface area contributed by atoms with Crippen LogP contribution in [0.15, 0.2) is 18.2 Å². The topological polar surface area (TPSA) is 24.9 Å². The fourth-order valence-corrected chi connectivity index (χ4v) is 1.88. The quantitative estimate of drug-likeness (QED) is 0.789. The first-order valence-electron chi connectivity index (χ1n) is 5.32. The summed E-state index contributed by atoms with van der Waals surface area (Å²) < 4.78 is 38.5. The first-order chi connectivity index (χ1) is 7.55. The Labute approximate surface area is 91.9 Å². The summed E-state index contributed by atoms with van der Waals surface area (Å²) in [6.45, 7) is 0. The average Bonchev–Trinajstić information content (AvgIpc) is 2.21. The predicted molar refractivity (Wildman–Crippen MR) is 55.0 cm³/mol. The van der Waals surface area contributed by atoms with Crippen molar-refractivity contribution >= 4 is 5.82 Å². The van der Waals surface area contributed by atoms with Gasteiger partial charge in [-0.05, 0) is 25.0 Å². The zero-order valence-electron chi connectivity index (χ0n) is 8.72. The number of hydrogen-bond donors (Lipinski definition) is 1. The molecule has 88 valence electrons. The highest BCUT2D eigenvalue weighted by atomic mass is 19.3. The van der Waals surface area contributed by atoms with Crippen LogP contribution in [0.2, 0.25) is 0 Å². The molecule has 5 heteroatoms. The van der Waals surface area contributed by atoms with E-state index in [4.69, 9.17) is 0 Å². The molecule has 0 unspecified atom stereocenters. The molecular weight excluding hydrogens is 217 g/mol. The van der Waals surface area contributed by atoms with E-state index in [1.807, 2.05) is 0 Å². The molecule has 0 atom stereocenters. The van der Waals surface area contributed by atoms with E-state index >= 15 is 0 Å². The first-order valence-corrected chi connectivity index (χ1v) is 5.32. The molecule has 0 amide bonds. The SMILES string of the molecule is Fc1cccc(NC2CCC(F)(F)CC2)n1. The summed E-state index contributed by atoms with van der Waals surface area (Å²) in [5.41, 5.74) is 0. The molecule has 0 aromatic carbocycles. The van der Waals surface area contributed by atoms with Gasteiger partial charge in [-0.2, -0.15) is 4.39 Å². The Balaban J connectivity index is 1.92. The second kappa shape index (κ2) is 4.31. The number of rotatable bonds is 2. The van der Waals surface area contributed by atoms with Crippen LogP contribution in [0.3, 0.4) is 0 Å². The van der Waals surface area contributed by atoms with Crippen LogP contribution >= 0.6 is 0 Å². The van der Waals surface area contributed by atoms with Gasteiger partial charge in [0.05, 0.1) is 0 Å². The highest BCUT2D eigenvalue weighted by molar-refractivity contribution is 5.34. The van der Waals surface area contributed by atoms with Crippen molar-refractivity contribution in [1.82, 2.24) is 4.98 Å². The van der Waals surface area contributed by atoms with Gasteiger partial charge in [0.15, 0.2) is 0 Å². The maximum atomic E-state index is 12.9. The first kappa shape index (κ1) is 11.2. The number of halogens is 3. The average molecular weight is 230 g/mol. The molecule has 16 heavy (non-hydrogen) atoms. The molecule has 1 heterocycles. The summed E-state index contributed by atoms with van der Waals surface area (Å²) in [6.07, 6.45) is 0.566.